The number of aromatic nitrogens is 3. The number of pyridine rings is 1. The van der Waals surface area contributed by atoms with Gasteiger partial charge in [0.2, 0.25) is 0 Å². The van der Waals surface area contributed by atoms with Crippen LogP contribution in [0.15, 0.2) is 67.3 Å². The number of benzene rings is 1. The van der Waals surface area contributed by atoms with Gasteiger partial charge in [-0.15, -0.1) is 0 Å². The Bertz CT molecular complexity index is 576. The van der Waals surface area contributed by atoms with Gasteiger partial charge in [0.25, 0.3) is 0 Å². The predicted molar refractivity (Wildman–Crippen MR) is 75.3 cm³/mol. The lowest BCUT2D eigenvalue weighted by Gasteiger charge is -2.02. The zero-order valence-corrected chi connectivity index (χ0v) is 10.4. The van der Waals surface area contributed by atoms with Crippen LogP contribution in [-0.2, 0) is 6.54 Å². The highest BCUT2D eigenvalue weighted by atomic mass is 15.3. The summed E-state index contributed by atoms with van der Waals surface area (Å²) >= 11 is 0. The van der Waals surface area contributed by atoms with Gasteiger partial charge in [-0.05, 0) is 17.7 Å². The Labute approximate surface area is 111 Å². The fourth-order valence-electron chi connectivity index (χ4n) is 1.89. The first-order valence-corrected chi connectivity index (χ1v) is 6.13. The van der Waals surface area contributed by atoms with E-state index >= 15 is 0 Å². The lowest BCUT2D eigenvalue weighted by molar-refractivity contribution is 0.687. The third kappa shape index (κ3) is 2.98. The Kier molecular flexibility index (Phi) is 3.23. The maximum atomic E-state index is 4.34. The minimum Gasteiger partial charge on any atom is -0.352 e. The summed E-state index contributed by atoms with van der Waals surface area (Å²) in [5.41, 5.74) is 3.16. The first-order chi connectivity index (χ1) is 9.40. The van der Waals surface area contributed by atoms with Crippen LogP contribution in [0.25, 0.3) is 0 Å². The van der Waals surface area contributed by atoms with Gasteiger partial charge in [0, 0.05) is 12.4 Å². The van der Waals surface area contributed by atoms with Gasteiger partial charge < -0.3 is 5.32 Å². The first-order valence-electron chi connectivity index (χ1n) is 6.13. The van der Waals surface area contributed by atoms with E-state index < -0.39 is 0 Å². The molecule has 0 aliphatic carbocycles. The van der Waals surface area contributed by atoms with Gasteiger partial charge in [0.15, 0.2) is 0 Å². The summed E-state index contributed by atoms with van der Waals surface area (Å²) in [7, 11) is 0. The molecule has 0 aliphatic heterocycles. The van der Waals surface area contributed by atoms with Gasteiger partial charge in [0.05, 0.1) is 30.3 Å². The molecule has 0 amide bonds. The molecule has 0 aliphatic rings. The number of nitrogens with one attached hydrogen (secondary N) is 1. The molecule has 94 valence electrons. The molecule has 2 aromatic heterocycles. The fourth-order valence-corrected chi connectivity index (χ4v) is 1.89. The van der Waals surface area contributed by atoms with Crippen molar-refractivity contribution in [1.82, 2.24) is 14.8 Å². The Morgan fingerprint density at radius 2 is 1.84 bits per heavy atom. The van der Waals surface area contributed by atoms with Crippen LogP contribution >= 0.6 is 0 Å². The van der Waals surface area contributed by atoms with Crippen molar-refractivity contribution in [2.75, 3.05) is 5.32 Å². The molecule has 4 nitrogen and oxygen atoms in total. The molecule has 3 aromatic rings. The molecule has 19 heavy (non-hydrogen) atoms. The molecule has 1 N–H and O–H groups in total. The smallest absolute Gasteiger partial charge is 0.0771 e. The van der Waals surface area contributed by atoms with E-state index in [1.165, 1.54) is 5.56 Å². The van der Waals surface area contributed by atoms with Crippen LogP contribution < -0.4 is 5.32 Å². The number of hydrogen-bond acceptors (Lipinski definition) is 3. The van der Waals surface area contributed by atoms with Crippen molar-refractivity contribution >= 4 is 11.4 Å². The molecular weight excluding hydrogens is 236 g/mol. The molecule has 0 saturated heterocycles. The van der Waals surface area contributed by atoms with Crippen molar-refractivity contribution in [2.45, 2.75) is 6.54 Å². The van der Waals surface area contributed by atoms with Gasteiger partial charge in [0.1, 0.15) is 0 Å². The van der Waals surface area contributed by atoms with Crippen molar-refractivity contribution in [3.05, 3.63) is 72.8 Å². The van der Waals surface area contributed by atoms with E-state index in [9.17, 15) is 0 Å². The Morgan fingerprint density at radius 1 is 0.947 bits per heavy atom. The van der Waals surface area contributed by atoms with Crippen LogP contribution in [-0.4, -0.2) is 14.8 Å². The summed E-state index contributed by atoms with van der Waals surface area (Å²) in [6.45, 7) is 0.773. The topological polar surface area (TPSA) is 42.7 Å². The summed E-state index contributed by atoms with van der Waals surface area (Å²) in [5.74, 6) is 0. The van der Waals surface area contributed by atoms with Crippen molar-refractivity contribution in [3.63, 3.8) is 0 Å². The van der Waals surface area contributed by atoms with Crippen molar-refractivity contribution < 1.29 is 0 Å². The molecule has 0 unspecified atom stereocenters. The lowest BCUT2D eigenvalue weighted by Crippen LogP contribution is -1.99. The van der Waals surface area contributed by atoms with Gasteiger partial charge in [-0.2, -0.15) is 5.10 Å². The molecule has 0 atom stereocenters. The standard InChI is InChI=1S/C15H14N4/c1-2-5-13(6-3-1)11-19-12-15(10-17-19)18-14-7-4-8-16-9-14/h1-10,12,18H,11H2. The molecule has 2 heterocycles. The Morgan fingerprint density at radius 3 is 2.63 bits per heavy atom. The fraction of sp³-hybridized carbons (Fsp3) is 0.0667. The maximum absolute atomic E-state index is 4.34. The summed E-state index contributed by atoms with van der Waals surface area (Å²) in [6.07, 6.45) is 7.34. The minimum absolute atomic E-state index is 0.773. The number of anilines is 2. The summed E-state index contributed by atoms with van der Waals surface area (Å²) < 4.78 is 1.91. The van der Waals surface area contributed by atoms with Crippen LogP contribution in [0.5, 0.6) is 0 Å². The largest absolute Gasteiger partial charge is 0.352 e. The molecule has 0 saturated carbocycles. The van der Waals surface area contributed by atoms with Gasteiger partial charge >= 0.3 is 0 Å². The van der Waals surface area contributed by atoms with E-state index in [1.807, 2.05) is 47.4 Å². The first kappa shape index (κ1) is 11.5. The molecule has 1 aromatic carbocycles. The average molecular weight is 250 g/mol. The summed E-state index contributed by atoms with van der Waals surface area (Å²) in [6, 6.07) is 14.1. The third-order valence-electron chi connectivity index (χ3n) is 2.77. The molecule has 3 rings (SSSR count). The average Bonchev–Trinajstić information content (AvgIpc) is 2.88. The highest BCUT2D eigenvalue weighted by Gasteiger charge is 2.00. The van der Waals surface area contributed by atoms with Gasteiger partial charge in [-0.1, -0.05) is 30.3 Å². The third-order valence-corrected chi connectivity index (χ3v) is 2.77. The number of hydrogen-bond donors (Lipinski definition) is 1. The van der Waals surface area contributed by atoms with Crippen LogP contribution in [0.1, 0.15) is 5.56 Å². The SMILES string of the molecule is c1ccc(Cn2cc(Nc3cccnc3)cn2)cc1. The minimum atomic E-state index is 0.773. The van der Waals surface area contributed by atoms with Crippen molar-refractivity contribution in [3.8, 4) is 0 Å². The zero-order valence-electron chi connectivity index (χ0n) is 10.4. The van der Waals surface area contributed by atoms with Crippen molar-refractivity contribution in [1.29, 1.82) is 0 Å². The van der Waals surface area contributed by atoms with Crippen LogP contribution in [0.3, 0.4) is 0 Å². The predicted octanol–water partition coefficient (Wildman–Crippen LogP) is 3.07. The Balaban J connectivity index is 1.70. The molecule has 0 fully saturated rings. The van der Waals surface area contributed by atoms with Crippen LogP contribution in [0, 0.1) is 0 Å². The normalized spacial score (nSPS) is 10.3. The van der Waals surface area contributed by atoms with E-state index in [0.717, 1.165) is 17.9 Å². The van der Waals surface area contributed by atoms with E-state index in [4.69, 9.17) is 0 Å². The second kappa shape index (κ2) is 5.35. The highest BCUT2D eigenvalue weighted by molar-refractivity contribution is 5.56. The number of nitrogens with zero attached hydrogens (tertiary/aromatic N) is 3. The molecule has 0 spiro atoms. The van der Waals surface area contributed by atoms with Gasteiger partial charge in [-0.25, -0.2) is 0 Å². The van der Waals surface area contributed by atoms with Gasteiger partial charge in [-0.3, -0.25) is 9.67 Å². The highest BCUT2D eigenvalue weighted by Crippen LogP contribution is 2.14. The lowest BCUT2D eigenvalue weighted by atomic mass is 10.2. The maximum Gasteiger partial charge on any atom is 0.0771 e. The molecule has 0 bridgehead atoms. The quantitative estimate of drug-likeness (QED) is 0.773. The van der Waals surface area contributed by atoms with Crippen LogP contribution in [0.2, 0.25) is 0 Å². The Hall–Kier alpha value is -2.62. The molecular formula is C15H14N4. The van der Waals surface area contributed by atoms with E-state index in [2.05, 4.69) is 27.5 Å². The molecule has 0 radical (unpaired) electrons. The second-order valence-corrected chi connectivity index (χ2v) is 4.28. The van der Waals surface area contributed by atoms with Crippen LogP contribution in [0.4, 0.5) is 11.4 Å². The van der Waals surface area contributed by atoms with E-state index in [-0.39, 0.29) is 0 Å². The zero-order chi connectivity index (χ0) is 12.9. The molecule has 4 heteroatoms. The number of rotatable bonds is 4. The summed E-state index contributed by atoms with van der Waals surface area (Å²) in [4.78, 5) is 4.07. The van der Waals surface area contributed by atoms with Crippen molar-refractivity contribution in [2.24, 2.45) is 0 Å². The summed E-state index contributed by atoms with van der Waals surface area (Å²) in [5, 5.41) is 7.61. The second-order valence-electron chi connectivity index (χ2n) is 4.28. The van der Waals surface area contributed by atoms with E-state index in [1.54, 1.807) is 12.4 Å². The monoisotopic (exact) mass is 250 g/mol. The van der Waals surface area contributed by atoms with E-state index in [0.29, 0.717) is 0 Å².